The van der Waals surface area contributed by atoms with Gasteiger partial charge < -0.3 is 33.2 Å². The Morgan fingerprint density at radius 2 is 1.19 bits per heavy atom. The zero-order valence-electron chi connectivity index (χ0n) is 35.3. The van der Waals surface area contributed by atoms with Crippen molar-refractivity contribution >= 4 is 5.97 Å². The summed E-state index contributed by atoms with van der Waals surface area (Å²) in [5.41, 5.74) is 4.28. The molecule has 0 aliphatic carbocycles. The highest BCUT2D eigenvalue weighted by atomic mass is 16.6. The fourth-order valence-electron chi connectivity index (χ4n) is 6.99. The van der Waals surface area contributed by atoms with Crippen LogP contribution in [0.3, 0.4) is 0 Å². The van der Waals surface area contributed by atoms with E-state index in [-0.39, 0.29) is 18.0 Å². The molecule has 0 aromatic heterocycles. The van der Waals surface area contributed by atoms with E-state index in [9.17, 15) is 4.79 Å². The molecule has 302 valence electrons. The van der Waals surface area contributed by atoms with Crippen molar-refractivity contribution in [1.82, 2.24) is 0 Å². The second-order valence-corrected chi connectivity index (χ2v) is 17.1. The number of benzene rings is 1. The van der Waals surface area contributed by atoms with Crippen LogP contribution in [0.2, 0.25) is 0 Å². The van der Waals surface area contributed by atoms with E-state index in [4.69, 9.17) is 33.2 Å². The van der Waals surface area contributed by atoms with Crippen LogP contribution in [0.1, 0.15) is 148 Å². The summed E-state index contributed by atoms with van der Waals surface area (Å²) in [4.78, 5) is 11.7. The van der Waals surface area contributed by atoms with Crippen LogP contribution in [0.5, 0.6) is 11.5 Å². The van der Waals surface area contributed by atoms with Crippen molar-refractivity contribution in [3.05, 3.63) is 22.3 Å². The van der Waals surface area contributed by atoms with Gasteiger partial charge in [-0.05, 0) is 109 Å². The molecule has 0 N–H and O–H groups in total. The Hall–Kier alpha value is -1.87. The maximum atomic E-state index is 11.7. The molecule has 2 unspecified atom stereocenters. The molecule has 0 saturated carbocycles. The zero-order chi connectivity index (χ0) is 38.6. The summed E-state index contributed by atoms with van der Waals surface area (Å²) in [5.74, 6) is 4.28. The standard InChI is InChI=1S/C44H78O8/c1-33(2)15-12-16-34(3)17-13-18-35(4)19-14-22-44(11)23-20-39-38(7)41(36(5)37(6)42(39)52-44)50-32-31-49-30-29-48-28-27-47-26-25-46-24-21-40(45)51-43(8,9)10/h33-35H,12-32H2,1-11H3/t34?,35?,44-/m1/s1. The van der Waals surface area contributed by atoms with Crippen molar-refractivity contribution in [2.24, 2.45) is 17.8 Å². The third-order valence-corrected chi connectivity index (χ3v) is 10.3. The molecular weight excluding hydrogens is 656 g/mol. The predicted molar refractivity (Wildman–Crippen MR) is 212 cm³/mol. The van der Waals surface area contributed by atoms with Gasteiger partial charge in [0.15, 0.2) is 0 Å². The van der Waals surface area contributed by atoms with Crippen LogP contribution >= 0.6 is 0 Å². The summed E-state index contributed by atoms with van der Waals surface area (Å²) in [6.45, 7) is 28.1. The van der Waals surface area contributed by atoms with Gasteiger partial charge >= 0.3 is 5.97 Å². The molecule has 8 heteroatoms. The van der Waals surface area contributed by atoms with E-state index in [1.807, 2.05) is 20.8 Å². The average Bonchev–Trinajstić information content (AvgIpc) is 3.05. The van der Waals surface area contributed by atoms with Crippen LogP contribution in [-0.2, 0) is 34.9 Å². The highest BCUT2D eigenvalue weighted by molar-refractivity contribution is 5.69. The van der Waals surface area contributed by atoms with E-state index in [1.165, 1.54) is 68.1 Å². The van der Waals surface area contributed by atoms with Gasteiger partial charge in [0.2, 0.25) is 0 Å². The van der Waals surface area contributed by atoms with E-state index in [2.05, 4.69) is 55.4 Å². The number of esters is 1. The highest BCUT2D eigenvalue weighted by Gasteiger charge is 2.34. The maximum absolute atomic E-state index is 11.7. The Bertz CT molecular complexity index is 1140. The lowest BCUT2D eigenvalue weighted by Crippen LogP contribution is -2.37. The number of carbonyl (C=O) groups excluding carboxylic acids is 1. The van der Waals surface area contributed by atoms with Gasteiger partial charge in [0.1, 0.15) is 29.3 Å². The van der Waals surface area contributed by atoms with E-state index < -0.39 is 5.60 Å². The SMILES string of the molecule is Cc1c(C)c2c(c(C)c1OCCOCCOCCOCCOCCC(=O)OC(C)(C)C)CC[C@@](C)(CCCC(C)CCCC(C)CCCC(C)C)O2. The zero-order valence-corrected chi connectivity index (χ0v) is 35.3. The minimum absolute atomic E-state index is 0.107. The summed E-state index contributed by atoms with van der Waals surface area (Å²) >= 11 is 0. The molecule has 1 aromatic carbocycles. The molecule has 1 aliphatic heterocycles. The molecule has 1 heterocycles. The normalized spacial score (nSPS) is 17.2. The molecule has 1 aromatic rings. The Kier molecular flexibility index (Phi) is 21.8. The van der Waals surface area contributed by atoms with Crippen molar-refractivity contribution in [3.63, 3.8) is 0 Å². The number of ether oxygens (including phenoxy) is 7. The molecule has 8 nitrogen and oxygen atoms in total. The minimum atomic E-state index is -0.470. The molecule has 1 aliphatic rings. The predicted octanol–water partition coefficient (Wildman–Crippen LogP) is 10.3. The van der Waals surface area contributed by atoms with Gasteiger partial charge in [0.25, 0.3) is 0 Å². The summed E-state index contributed by atoms with van der Waals surface area (Å²) < 4.78 is 40.7. The average molecular weight is 735 g/mol. The van der Waals surface area contributed by atoms with Crippen LogP contribution in [-0.4, -0.2) is 76.6 Å². The number of fused-ring (bicyclic) bond motifs is 1. The lowest BCUT2D eigenvalue weighted by atomic mass is 9.83. The van der Waals surface area contributed by atoms with Gasteiger partial charge in [-0.2, -0.15) is 0 Å². The largest absolute Gasteiger partial charge is 0.491 e. The van der Waals surface area contributed by atoms with Gasteiger partial charge in [-0.3, -0.25) is 4.79 Å². The molecule has 52 heavy (non-hydrogen) atoms. The van der Waals surface area contributed by atoms with Crippen LogP contribution in [0.25, 0.3) is 0 Å². The third-order valence-electron chi connectivity index (χ3n) is 10.3. The second kappa shape index (κ2) is 24.5. The topological polar surface area (TPSA) is 81.7 Å². The van der Waals surface area contributed by atoms with Crippen molar-refractivity contribution in [2.75, 3.05) is 59.5 Å². The van der Waals surface area contributed by atoms with Gasteiger partial charge in [0, 0.05) is 5.56 Å². The summed E-state index contributed by atoms with van der Waals surface area (Å²) in [7, 11) is 0. The monoisotopic (exact) mass is 735 g/mol. The van der Waals surface area contributed by atoms with E-state index in [1.54, 1.807) is 0 Å². The first-order chi connectivity index (χ1) is 24.6. The van der Waals surface area contributed by atoms with Crippen LogP contribution in [0.15, 0.2) is 0 Å². The third kappa shape index (κ3) is 18.9. The van der Waals surface area contributed by atoms with Crippen molar-refractivity contribution < 1.29 is 38.0 Å². The molecular formula is C44H78O8. The summed E-state index contributed by atoms with van der Waals surface area (Å²) in [6.07, 6.45) is 14.2. The van der Waals surface area contributed by atoms with Crippen LogP contribution in [0.4, 0.5) is 0 Å². The van der Waals surface area contributed by atoms with E-state index in [0.29, 0.717) is 59.5 Å². The van der Waals surface area contributed by atoms with Gasteiger partial charge in [-0.25, -0.2) is 0 Å². The summed E-state index contributed by atoms with van der Waals surface area (Å²) in [5, 5.41) is 0. The van der Waals surface area contributed by atoms with E-state index >= 15 is 0 Å². The first-order valence-electron chi connectivity index (χ1n) is 20.6. The fourth-order valence-corrected chi connectivity index (χ4v) is 6.99. The molecule has 0 radical (unpaired) electrons. The first kappa shape index (κ1) is 46.3. The lowest BCUT2D eigenvalue weighted by Gasteiger charge is -2.38. The summed E-state index contributed by atoms with van der Waals surface area (Å²) in [6, 6.07) is 0. The lowest BCUT2D eigenvalue weighted by molar-refractivity contribution is -0.156. The molecule has 0 bridgehead atoms. The van der Waals surface area contributed by atoms with Crippen molar-refractivity contribution in [1.29, 1.82) is 0 Å². The molecule has 0 amide bonds. The molecule has 2 rings (SSSR count). The van der Waals surface area contributed by atoms with Crippen LogP contribution in [0, 0.1) is 38.5 Å². The smallest absolute Gasteiger partial charge is 0.308 e. The first-order valence-corrected chi connectivity index (χ1v) is 20.6. The maximum Gasteiger partial charge on any atom is 0.308 e. The molecule has 0 saturated heterocycles. The van der Waals surface area contributed by atoms with Crippen molar-refractivity contribution in [3.8, 4) is 11.5 Å². The fraction of sp³-hybridized carbons (Fsp3) is 0.841. The quantitative estimate of drug-likeness (QED) is 0.0622. The van der Waals surface area contributed by atoms with Gasteiger partial charge in [0.05, 0.1) is 59.3 Å². The van der Waals surface area contributed by atoms with E-state index in [0.717, 1.165) is 54.1 Å². The number of hydrogen-bond acceptors (Lipinski definition) is 8. The number of hydrogen-bond donors (Lipinski definition) is 0. The van der Waals surface area contributed by atoms with Gasteiger partial charge in [-0.1, -0.05) is 72.6 Å². The minimum Gasteiger partial charge on any atom is -0.491 e. The Morgan fingerprint density at radius 3 is 1.73 bits per heavy atom. The molecule has 0 spiro atoms. The highest BCUT2D eigenvalue weighted by Crippen LogP contribution is 2.45. The van der Waals surface area contributed by atoms with Crippen LogP contribution < -0.4 is 9.47 Å². The second-order valence-electron chi connectivity index (χ2n) is 17.1. The van der Waals surface area contributed by atoms with Gasteiger partial charge in [-0.15, -0.1) is 0 Å². The van der Waals surface area contributed by atoms with Crippen molar-refractivity contribution in [2.45, 2.75) is 164 Å². The Morgan fingerprint density at radius 1 is 0.692 bits per heavy atom. The molecule has 0 fully saturated rings. The Labute approximate surface area is 318 Å². The number of rotatable bonds is 28. The Balaban J connectivity index is 1.59. The molecule has 3 atom stereocenters. The number of carbonyl (C=O) groups is 1.